The largest absolute Gasteiger partial charge is 0.399 e. The van der Waals surface area contributed by atoms with Crippen molar-refractivity contribution in [3.05, 3.63) is 18.2 Å². The number of nitrogens with one attached hydrogen (secondary N) is 1. The average molecular weight is 233 g/mol. The van der Waals surface area contributed by atoms with Crippen LogP contribution in [0.5, 0.6) is 0 Å². The van der Waals surface area contributed by atoms with Gasteiger partial charge in [0.25, 0.3) is 0 Å². The number of hydrogen-bond donors (Lipinski definition) is 2. The predicted octanol–water partition coefficient (Wildman–Crippen LogP) is 3.23. The van der Waals surface area contributed by atoms with Gasteiger partial charge in [0.1, 0.15) is 0 Å². The summed E-state index contributed by atoms with van der Waals surface area (Å²) in [5.41, 5.74) is 7.85. The number of nitrogens with zero attached hydrogens (tertiary/aromatic N) is 1. The van der Waals surface area contributed by atoms with Crippen molar-refractivity contribution >= 4 is 32.4 Å². The summed E-state index contributed by atoms with van der Waals surface area (Å²) in [5, 5.41) is 4.55. The smallest absolute Gasteiger partial charge is 0.184 e. The maximum atomic E-state index is 5.76. The molecule has 0 atom stereocenters. The number of benzene rings is 1. The second-order valence-electron chi connectivity index (χ2n) is 4.79. The van der Waals surface area contributed by atoms with Crippen LogP contribution in [0.25, 0.3) is 10.2 Å². The van der Waals surface area contributed by atoms with E-state index in [-0.39, 0.29) is 5.54 Å². The Morgan fingerprint density at radius 1 is 1.44 bits per heavy atom. The fraction of sp³-hybridized carbons (Fsp3) is 0.417. The molecular weight excluding hydrogens is 218 g/mol. The molecule has 1 aliphatic carbocycles. The topological polar surface area (TPSA) is 50.9 Å². The van der Waals surface area contributed by atoms with E-state index in [1.807, 2.05) is 18.2 Å². The first-order chi connectivity index (χ1) is 7.65. The van der Waals surface area contributed by atoms with Crippen molar-refractivity contribution in [2.45, 2.75) is 31.7 Å². The van der Waals surface area contributed by atoms with Gasteiger partial charge in [0, 0.05) is 11.2 Å². The van der Waals surface area contributed by atoms with Crippen LogP contribution in [0.2, 0.25) is 0 Å². The SMILES string of the molecule is CC1(Nc2nc3ccc(N)cc3s2)CCC1. The van der Waals surface area contributed by atoms with Gasteiger partial charge in [-0.3, -0.25) is 0 Å². The van der Waals surface area contributed by atoms with Crippen molar-refractivity contribution in [3.8, 4) is 0 Å². The summed E-state index contributed by atoms with van der Waals surface area (Å²) in [6.07, 6.45) is 3.80. The van der Waals surface area contributed by atoms with Gasteiger partial charge in [-0.25, -0.2) is 4.98 Å². The van der Waals surface area contributed by atoms with Crippen molar-refractivity contribution in [3.63, 3.8) is 0 Å². The summed E-state index contributed by atoms with van der Waals surface area (Å²) in [7, 11) is 0. The Morgan fingerprint density at radius 2 is 2.25 bits per heavy atom. The number of fused-ring (bicyclic) bond motifs is 1. The van der Waals surface area contributed by atoms with Crippen molar-refractivity contribution in [1.29, 1.82) is 0 Å². The zero-order valence-corrected chi connectivity index (χ0v) is 10.1. The standard InChI is InChI=1S/C12H15N3S/c1-12(5-2-6-12)15-11-14-9-4-3-8(13)7-10(9)16-11/h3-4,7H,2,5-6,13H2,1H3,(H,14,15). The monoisotopic (exact) mass is 233 g/mol. The lowest BCUT2D eigenvalue weighted by Gasteiger charge is -2.39. The molecule has 0 saturated heterocycles. The Hall–Kier alpha value is -1.29. The molecule has 1 aliphatic rings. The lowest BCUT2D eigenvalue weighted by atomic mass is 9.79. The van der Waals surface area contributed by atoms with Crippen LogP contribution in [-0.2, 0) is 0 Å². The van der Waals surface area contributed by atoms with E-state index < -0.39 is 0 Å². The molecule has 0 unspecified atom stereocenters. The number of aromatic nitrogens is 1. The van der Waals surface area contributed by atoms with Gasteiger partial charge in [0.05, 0.1) is 10.2 Å². The minimum atomic E-state index is 0.263. The highest BCUT2D eigenvalue weighted by Gasteiger charge is 2.32. The number of nitrogens with two attached hydrogens (primary N) is 1. The number of rotatable bonds is 2. The Kier molecular flexibility index (Phi) is 2.07. The van der Waals surface area contributed by atoms with Crippen LogP contribution in [0.3, 0.4) is 0 Å². The average Bonchev–Trinajstić information content (AvgIpc) is 2.56. The molecular formula is C12H15N3S. The molecule has 0 amide bonds. The van der Waals surface area contributed by atoms with Crippen molar-refractivity contribution in [2.75, 3.05) is 11.1 Å². The van der Waals surface area contributed by atoms with Gasteiger partial charge in [-0.05, 0) is 44.4 Å². The molecule has 0 aliphatic heterocycles. The second-order valence-corrected chi connectivity index (χ2v) is 5.82. The molecule has 84 valence electrons. The molecule has 1 saturated carbocycles. The molecule has 4 heteroatoms. The lowest BCUT2D eigenvalue weighted by Crippen LogP contribution is -2.41. The van der Waals surface area contributed by atoms with Gasteiger partial charge in [-0.2, -0.15) is 0 Å². The van der Waals surface area contributed by atoms with Gasteiger partial charge in [-0.1, -0.05) is 11.3 Å². The molecule has 2 aromatic rings. The van der Waals surface area contributed by atoms with Crippen LogP contribution in [-0.4, -0.2) is 10.5 Å². The maximum absolute atomic E-state index is 5.76. The third-order valence-electron chi connectivity index (χ3n) is 3.28. The first-order valence-electron chi connectivity index (χ1n) is 5.59. The summed E-state index contributed by atoms with van der Waals surface area (Å²) >= 11 is 1.69. The van der Waals surface area contributed by atoms with E-state index in [1.54, 1.807) is 11.3 Å². The molecule has 1 fully saturated rings. The molecule has 16 heavy (non-hydrogen) atoms. The Morgan fingerprint density at radius 3 is 2.94 bits per heavy atom. The van der Waals surface area contributed by atoms with Crippen LogP contribution in [0.15, 0.2) is 18.2 Å². The maximum Gasteiger partial charge on any atom is 0.184 e. The van der Waals surface area contributed by atoms with Crippen LogP contribution >= 0.6 is 11.3 Å². The van der Waals surface area contributed by atoms with Gasteiger partial charge in [0.2, 0.25) is 0 Å². The van der Waals surface area contributed by atoms with Crippen LogP contribution in [0.4, 0.5) is 10.8 Å². The van der Waals surface area contributed by atoms with E-state index in [4.69, 9.17) is 5.73 Å². The highest BCUT2D eigenvalue weighted by atomic mass is 32.1. The number of nitrogen functional groups attached to an aromatic ring is 1. The van der Waals surface area contributed by atoms with Crippen molar-refractivity contribution in [1.82, 2.24) is 4.98 Å². The van der Waals surface area contributed by atoms with Gasteiger partial charge in [-0.15, -0.1) is 0 Å². The molecule has 3 nitrogen and oxygen atoms in total. The molecule has 1 heterocycles. The van der Waals surface area contributed by atoms with Crippen LogP contribution in [0, 0.1) is 0 Å². The summed E-state index contributed by atoms with van der Waals surface area (Å²) in [6, 6.07) is 5.87. The number of anilines is 2. The van der Waals surface area contributed by atoms with Crippen LogP contribution < -0.4 is 11.1 Å². The molecule has 0 radical (unpaired) electrons. The molecule has 3 N–H and O–H groups in total. The number of hydrogen-bond acceptors (Lipinski definition) is 4. The number of thiazole rings is 1. The van der Waals surface area contributed by atoms with E-state index in [0.29, 0.717) is 0 Å². The first-order valence-corrected chi connectivity index (χ1v) is 6.41. The summed E-state index contributed by atoms with van der Waals surface area (Å²) in [5.74, 6) is 0. The summed E-state index contributed by atoms with van der Waals surface area (Å²) in [4.78, 5) is 4.57. The Balaban J connectivity index is 1.93. The Labute approximate surface area is 98.7 Å². The van der Waals surface area contributed by atoms with Crippen molar-refractivity contribution in [2.24, 2.45) is 0 Å². The lowest BCUT2D eigenvalue weighted by molar-refractivity contribution is 0.306. The fourth-order valence-corrected chi connectivity index (χ4v) is 3.15. The minimum absolute atomic E-state index is 0.263. The summed E-state index contributed by atoms with van der Waals surface area (Å²) in [6.45, 7) is 2.26. The van der Waals surface area contributed by atoms with E-state index in [1.165, 1.54) is 19.3 Å². The predicted molar refractivity (Wildman–Crippen MR) is 69.9 cm³/mol. The zero-order chi connectivity index (χ0) is 11.2. The third-order valence-corrected chi connectivity index (χ3v) is 4.21. The first kappa shape index (κ1) is 9.90. The zero-order valence-electron chi connectivity index (χ0n) is 9.29. The fourth-order valence-electron chi connectivity index (χ4n) is 2.08. The van der Waals surface area contributed by atoms with E-state index in [0.717, 1.165) is 21.0 Å². The normalized spacial score (nSPS) is 18.3. The van der Waals surface area contributed by atoms with Crippen molar-refractivity contribution < 1.29 is 0 Å². The highest BCUT2D eigenvalue weighted by Crippen LogP contribution is 2.37. The molecule has 3 rings (SSSR count). The van der Waals surface area contributed by atoms with Gasteiger partial charge >= 0.3 is 0 Å². The molecule has 0 bridgehead atoms. The quantitative estimate of drug-likeness (QED) is 0.783. The Bertz CT molecular complexity index is 528. The van der Waals surface area contributed by atoms with E-state index in [9.17, 15) is 0 Å². The van der Waals surface area contributed by atoms with E-state index in [2.05, 4.69) is 17.2 Å². The van der Waals surface area contributed by atoms with Crippen LogP contribution in [0.1, 0.15) is 26.2 Å². The second kappa shape index (κ2) is 3.35. The molecule has 1 aromatic carbocycles. The van der Waals surface area contributed by atoms with E-state index >= 15 is 0 Å². The van der Waals surface area contributed by atoms with Gasteiger partial charge < -0.3 is 11.1 Å². The molecule has 0 spiro atoms. The minimum Gasteiger partial charge on any atom is -0.399 e. The molecule has 1 aromatic heterocycles. The van der Waals surface area contributed by atoms with Gasteiger partial charge in [0.15, 0.2) is 5.13 Å². The highest BCUT2D eigenvalue weighted by molar-refractivity contribution is 7.22. The third kappa shape index (κ3) is 1.63. The summed E-state index contributed by atoms with van der Waals surface area (Å²) < 4.78 is 1.16.